The van der Waals surface area contributed by atoms with Gasteiger partial charge in [0.1, 0.15) is 0 Å². The molecule has 1 aromatic rings. The molecule has 0 bridgehead atoms. The summed E-state index contributed by atoms with van der Waals surface area (Å²) in [5, 5.41) is 11.6. The Hall–Kier alpha value is -0.940. The van der Waals surface area contributed by atoms with Crippen LogP contribution in [-0.2, 0) is 0 Å². The van der Waals surface area contributed by atoms with Crippen molar-refractivity contribution in [3.8, 4) is 0 Å². The second-order valence-electron chi connectivity index (χ2n) is 4.54. The average molecular weight is 209 g/mol. The molecule has 2 rings (SSSR count). The summed E-state index contributed by atoms with van der Waals surface area (Å²) in [7, 11) is 0. The second kappa shape index (κ2) is 4.28. The zero-order chi connectivity index (χ0) is 10.8. The third kappa shape index (κ3) is 2.18. The molecule has 0 saturated carbocycles. The molecule has 3 N–H and O–H groups in total. The van der Waals surface area contributed by atoms with Crippen LogP contribution in [0.2, 0.25) is 0 Å². The fraction of sp³-hybridized carbons (Fsp3) is 0.800. The van der Waals surface area contributed by atoms with Crippen molar-refractivity contribution < 1.29 is 0 Å². The van der Waals surface area contributed by atoms with Crippen molar-refractivity contribution in [2.24, 2.45) is 11.7 Å². The predicted octanol–water partition coefficient (Wildman–Crippen LogP) is 0.468. The molecule has 1 aliphatic heterocycles. The summed E-state index contributed by atoms with van der Waals surface area (Å²) in [5.74, 6) is 0.400. The van der Waals surface area contributed by atoms with E-state index >= 15 is 0 Å². The third-order valence-corrected chi connectivity index (χ3v) is 3.00. The van der Waals surface area contributed by atoms with Crippen LogP contribution in [0, 0.1) is 5.92 Å². The number of aromatic nitrogens is 3. The molecule has 84 valence electrons. The number of hydrogen-bond acceptors (Lipinski definition) is 4. The first-order valence-corrected chi connectivity index (χ1v) is 5.56. The van der Waals surface area contributed by atoms with E-state index in [0.717, 1.165) is 25.2 Å². The molecule has 0 unspecified atom stereocenters. The first-order chi connectivity index (χ1) is 7.18. The highest BCUT2D eigenvalue weighted by atomic mass is 15.4. The molecule has 0 aromatic carbocycles. The second-order valence-corrected chi connectivity index (χ2v) is 4.54. The maximum Gasteiger partial charge on any atom is 0.0996 e. The van der Waals surface area contributed by atoms with Crippen molar-refractivity contribution in [2.45, 2.75) is 32.4 Å². The lowest BCUT2D eigenvalue weighted by atomic mass is 10.0. The van der Waals surface area contributed by atoms with Gasteiger partial charge < -0.3 is 11.1 Å². The van der Waals surface area contributed by atoms with Gasteiger partial charge in [-0.15, -0.1) is 5.10 Å². The van der Waals surface area contributed by atoms with Crippen molar-refractivity contribution in [2.75, 3.05) is 13.1 Å². The summed E-state index contributed by atoms with van der Waals surface area (Å²) in [6, 6.07) is 0.443. The minimum absolute atomic E-state index is 0.00638. The quantitative estimate of drug-likeness (QED) is 0.759. The first-order valence-electron chi connectivity index (χ1n) is 5.56. The van der Waals surface area contributed by atoms with Gasteiger partial charge in [0.15, 0.2) is 0 Å². The van der Waals surface area contributed by atoms with E-state index < -0.39 is 0 Å². The molecule has 5 nitrogen and oxygen atoms in total. The van der Waals surface area contributed by atoms with Crippen LogP contribution in [0.5, 0.6) is 0 Å². The Balaban J connectivity index is 2.09. The zero-order valence-electron chi connectivity index (χ0n) is 9.35. The Morgan fingerprint density at radius 3 is 3.00 bits per heavy atom. The molecule has 15 heavy (non-hydrogen) atoms. The predicted molar refractivity (Wildman–Crippen MR) is 58.3 cm³/mol. The number of hydrogen-bond donors (Lipinski definition) is 2. The molecule has 1 aromatic heterocycles. The highest BCUT2D eigenvalue weighted by molar-refractivity contribution is 5.01. The van der Waals surface area contributed by atoms with Gasteiger partial charge in [-0.05, 0) is 18.9 Å². The molecule has 2 atom stereocenters. The molecule has 2 heterocycles. The van der Waals surface area contributed by atoms with Crippen LogP contribution in [0.15, 0.2) is 6.20 Å². The van der Waals surface area contributed by atoms with E-state index in [-0.39, 0.29) is 6.04 Å². The average Bonchev–Trinajstić information content (AvgIpc) is 2.86. The van der Waals surface area contributed by atoms with Gasteiger partial charge in [0.05, 0.1) is 24.0 Å². The number of nitrogens with zero attached hydrogens (tertiary/aromatic N) is 3. The largest absolute Gasteiger partial charge is 0.322 e. The first kappa shape index (κ1) is 10.6. The molecule has 1 saturated heterocycles. The zero-order valence-corrected chi connectivity index (χ0v) is 9.35. The van der Waals surface area contributed by atoms with Gasteiger partial charge in [-0.2, -0.15) is 0 Å². The van der Waals surface area contributed by atoms with Gasteiger partial charge in [-0.1, -0.05) is 19.1 Å². The third-order valence-electron chi connectivity index (χ3n) is 3.00. The maximum absolute atomic E-state index is 6.02. The fourth-order valence-corrected chi connectivity index (χ4v) is 1.83. The van der Waals surface area contributed by atoms with Crippen LogP contribution in [0.25, 0.3) is 0 Å². The summed E-state index contributed by atoms with van der Waals surface area (Å²) >= 11 is 0. The Kier molecular flexibility index (Phi) is 3.02. The number of rotatable bonds is 3. The van der Waals surface area contributed by atoms with Crippen molar-refractivity contribution in [3.05, 3.63) is 11.9 Å². The van der Waals surface area contributed by atoms with E-state index in [9.17, 15) is 0 Å². The van der Waals surface area contributed by atoms with Gasteiger partial charge in [-0.3, -0.25) is 0 Å². The molecule has 0 spiro atoms. The molecular formula is C10H19N5. The summed E-state index contributed by atoms with van der Waals surface area (Å²) in [6.45, 7) is 6.25. The van der Waals surface area contributed by atoms with Crippen LogP contribution in [0.3, 0.4) is 0 Å². The molecule has 0 amide bonds. The van der Waals surface area contributed by atoms with Gasteiger partial charge in [0.2, 0.25) is 0 Å². The maximum atomic E-state index is 6.02. The monoisotopic (exact) mass is 209 g/mol. The Labute approximate surface area is 90.0 Å². The molecular weight excluding hydrogens is 190 g/mol. The minimum Gasteiger partial charge on any atom is -0.322 e. The van der Waals surface area contributed by atoms with Crippen molar-refractivity contribution >= 4 is 0 Å². The highest BCUT2D eigenvalue weighted by Crippen LogP contribution is 2.19. The summed E-state index contributed by atoms with van der Waals surface area (Å²) in [6.07, 6.45) is 3.11. The van der Waals surface area contributed by atoms with Crippen LogP contribution in [0.1, 0.15) is 38.0 Å². The van der Waals surface area contributed by atoms with Gasteiger partial charge in [0, 0.05) is 6.54 Å². The van der Waals surface area contributed by atoms with E-state index in [0.29, 0.717) is 12.0 Å². The standard InChI is InChI=1S/C10H19N5/c1-7(2)10(11)9-6-15(14-13-9)8-3-4-12-5-8/h6-8,10,12H,3-5,11H2,1-2H3/t8-,10+/m0/s1. The SMILES string of the molecule is CC(C)[C@@H](N)c1cn([C@H]2CCNC2)nn1. The Bertz CT molecular complexity index is 297. The van der Waals surface area contributed by atoms with E-state index in [1.165, 1.54) is 0 Å². The topological polar surface area (TPSA) is 68.8 Å². The minimum atomic E-state index is -0.00638. The lowest BCUT2D eigenvalue weighted by Crippen LogP contribution is -2.17. The number of nitrogens with two attached hydrogens (primary N) is 1. The lowest BCUT2D eigenvalue weighted by molar-refractivity contribution is 0.476. The lowest BCUT2D eigenvalue weighted by Gasteiger charge is -2.11. The van der Waals surface area contributed by atoms with Gasteiger partial charge in [0.25, 0.3) is 0 Å². The van der Waals surface area contributed by atoms with Crippen molar-refractivity contribution in [1.82, 2.24) is 20.3 Å². The van der Waals surface area contributed by atoms with Crippen LogP contribution >= 0.6 is 0 Å². The molecule has 0 radical (unpaired) electrons. The van der Waals surface area contributed by atoms with E-state index in [1.807, 2.05) is 10.9 Å². The van der Waals surface area contributed by atoms with E-state index in [2.05, 4.69) is 29.5 Å². The molecule has 0 aliphatic carbocycles. The van der Waals surface area contributed by atoms with Crippen LogP contribution < -0.4 is 11.1 Å². The van der Waals surface area contributed by atoms with E-state index in [4.69, 9.17) is 5.73 Å². The summed E-state index contributed by atoms with van der Waals surface area (Å²) in [5.41, 5.74) is 6.92. The molecule has 5 heteroatoms. The Morgan fingerprint density at radius 1 is 1.60 bits per heavy atom. The van der Waals surface area contributed by atoms with Crippen LogP contribution in [-0.4, -0.2) is 28.1 Å². The summed E-state index contributed by atoms with van der Waals surface area (Å²) in [4.78, 5) is 0. The van der Waals surface area contributed by atoms with Crippen molar-refractivity contribution in [3.63, 3.8) is 0 Å². The van der Waals surface area contributed by atoms with Gasteiger partial charge in [-0.25, -0.2) is 4.68 Å². The summed E-state index contributed by atoms with van der Waals surface area (Å²) < 4.78 is 1.94. The highest BCUT2D eigenvalue weighted by Gasteiger charge is 2.20. The molecule has 1 aliphatic rings. The fourth-order valence-electron chi connectivity index (χ4n) is 1.83. The normalized spacial score (nSPS) is 23.6. The molecule has 1 fully saturated rings. The van der Waals surface area contributed by atoms with Crippen molar-refractivity contribution in [1.29, 1.82) is 0 Å². The van der Waals surface area contributed by atoms with Crippen LogP contribution in [0.4, 0.5) is 0 Å². The smallest absolute Gasteiger partial charge is 0.0996 e. The van der Waals surface area contributed by atoms with E-state index in [1.54, 1.807) is 0 Å². The number of nitrogens with one attached hydrogen (secondary N) is 1. The van der Waals surface area contributed by atoms with Gasteiger partial charge >= 0.3 is 0 Å². The Morgan fingerprint density at radius 2 is 2.40 bits per heavy atom.